The lowest BCUT2D eigenvalue weighted by molar-refractivity contribution is 0.597. The molecule has 0 aliphatic carbocycles. The first-order valence-corrected chi connectivity index (χ1v) is 7.57. The van der Waals surface area contributed by atoms with Gasteiger partial charge in [-0.25, -0.2) is 4.39 Å². The molecule has 1 unspecified atom stereocenters. The minimum Gasteiger partial charge on any atom is -0.307 e. The van der Waals surface area contributed by atoms with Gasteiger partial charge in [-0.1, -0.05) is 47.1 Å². The number of hydrogen-bond acceptors (Lipinski definition) is 1. The molecule has 20 heavy (non-hydrogen) atoms. The molecule has 0 saturated carbocycles. The first kappa shape index (κ1) is 15.2. The fourth-order valence-corrected chi connectivity index (χ4v) is 2.52. The van der Waals surface area contributed by atoms with E-state index in [0.717, 1.165) is 22.1 Å². The largest absolute Gasteiger partial charge is 0.307 e. The molecule has 0 aliphatic heterocycles. The Kier molecular flexibility index (Phi) is 4.95. The Morgan fingerprint density at radius 2 is 1.70 bits per heavy atom. The minimum atomic E-state index is -0.153. The molecule has 1 nitrogen and oxygen atoms in total. The Hall–Kier alpha value is -1.19. The molecule has 2 aromatic carbocycles. The molecule has 0 radical (unpaired) electrons. The maximum Gasteiger partial charge on any atom is 0.126 e. The van der Waals surface area contributed by atoms with Gasteiger partial charge < -0.3 is 5.32 Å². The van der Waals surface area contributed by atoms with Gasteiger partial charge in [0.05, 0.1) is 6.04 Å². The van der Waals surface area contributed by atoms with Crippen LogP contribution in [0.15, 0.2) is 40.9 Å². The predicted octanol–water partition coefficient (Wildman–Crippen LogP) is 4.90. The molecular formula is C17H19BrFN. The van der Waals surface area contributed by atoms with Crippen LogP contribution in [0.3, 0.4) is 0 Å². The van der Waals surface area contributed by atoms with E-state index < -0.39 is 0 Å². The quantitative estimate of drug-likeness (QED) is 0.837. The highest BCUT2D eigenvalue weighted by Gasteiger charge is 2.15. The second-order valence-electron chi connectivity index (χ2n) is 5.01. The molecule has 0 bridgehead atoms. The number of benzene rings is 2. The zero-order valence-electron chi connectivity index (χ0n) is 12.0. The topological polar surface area (TPSA) is 12.0 Å². The van der Waals surface area contributed by atoms with Gasteiger partial charge in [-0.3, -0.25) is 0 Å². The molecule has 3 heteroatoms. The normalized spacial score (nSPS) is 12.4. The lowest BCUT2D eigenvalue weighted by Gasteiger charge is -2.20. The summed E-state index contributed by atoms with van der Waals surface area (Å²) in [7, 11) is 0. The van der Waals surface area contributed by atoms with Crippen LogP contribution in [0.2, 0.25) is 0 Å². The van der Waals surface area contributed by atoms with Crippen LogP contribution in [-0.4, -0.2) is 6.54 Å². The summed E-state index contributed by atoms with van der Waals surface area (Å²) in [5, 5.41) is 3.43. The van der Waals surface area contributed by atoms with Crippen molar-refractivity contribution in [3.05, 3.63) is 68.9 Å². The van der Waals surface area contributed by atoms with Crippen LogP contribution < -0.4 is 5.32 Å². The van der Waals surface area contributed by atoms with E-state index in [1.807, 2.05) is 18.2 Å². The molecule has 1 N–H and O–H groups in total. The van der Waals surface area contributed by atoms with Crippen molar-refractivity contribution in [3.63, 3.8) is 0 Å². The molecule has 0 saturated heterocycles. The maximum absolute atomic E-state index is 13.8. The maximum atomic E-state index is 13.8. The van der Waals surface area contributed by atoms with Crippen molar-refractivity contribution in [2.24, 2.45) is 0 Å². The first-order chi connectivity index (χ1) is 9.52. The second kappa shape index (κ2) is 6.51. The van der Waals surface area contributed by atoms with Gasteiger partial charge in [0.15, 0.2) is 0 Å². The van der Waals surface area contributed by atoms with Gasteiger partial charge in [-0.2, -0.15) is 0 Å². The van der Waals surface area contributed by atoms with Crippen molar-refractivity contribution in [1.29, 1.82) is 0 Å². The fourth-order valence-electron chi connectivity index (χ4n) is 2.27. The van der Waals surface area contributed by atoms with E-state index in [2.05, 4.69) is 47.2 Å². The molecule has 1 atom stereocenters. The highest BCUT2D eigenvalue weighted by molar-refractivity contribution is 9.10. The molecule has 0 aliphatic rings. The molecule has 0 amide bonds. The molecule has 0 heterocycles. The second-order valence-corrected chi connectivity index (χ2v) is 5.86. The van der Waals surface area contributed by atoms with E-state index in [0.29, 0.717) is 5.56 Å². The van der Waals surface area contributed by atoms with E-state index in [4.69, 9.17) is 0 Å². The molecule has 0 spiro atoms. The lowest BCUT2D eigenvalue weighted by atomic mass is 9.96. The number of halogens is 2. The van der Waals surface area contributed by atoms with E-state index in [9.17, 15) is 4.39 Å². The van der Waals surface area contributed by atoms with Gasteiger partial charge in [0.25, 0.3) is 0 Å². The highest BCUT2D eigenvalue weighted by atomic mass is 79.9. The summed E-state index contributed by atoms with van der Waals surface area (Å²) < 4.78 is 14.9. The van der Waals surface area contributed by atoms with Crippen LogP contribution in [-0.2, 0) is 0 Å². The standard InChI is InChI=1S/C17H19BrFN/c1-4-20-17(13-7-8-15(18)12(3)9-13)14-6-5-11(2)16(19)10-14/h5-10,17,20H,4H2,1-3H3. The smallest absolute Gasteiger partial charge is 0.126 e. The number of hydrogen-bond donors (Lipinski definition) is 1. The molecule has 0 aromatic heterocycles. The van der Waals surface area contributed by atoms with Gasteiger partial charge in [0.2, 0.25) is 0 Å². The van der Waals surface area contributed by atoms with Gasteiger partial charge in [0.1, 0.15) is 5.82 Å². The summed E-state index contributed by atoms with van der Waals surface area (Å²) in [6, 6.07) is 11.7. The van der Waals surface area contributed by atoms with Crippen molar-refractivity contribution in [3.8, 4) is 0 Å². The summed E-state index contributed by atoms with van der Waals surface area (Å²) in [6.45, 7) is 6.73. The van der Waals surface area contributed by atoms with Crippen molar-refractivity contribution in [2.45, 2.75) is 26.8 Å². The zero-order chi connectivity index (χ0) is 14.7. The van der Waals surface area contributed by atoms with E-state index in [1.165, 1.54) is 5.56 Å². The summed E-state index contributed by atoms with van der Waals surface area (Å²) in [5.74, 6) is -0.153. The van der Waals surface area contributed by atoms with Crippen molar-refractivity contribution in [1.82, 2.24) is 5.32 Å². The van der Waals surface area contributed by atoms with Gasteiger partial charge in [-0.15, -0.1) is 0 Å². The SMILES string of the molecule is CCNC(c1ccc(Br)c(C)c1)c1ccc(C)c(F)c1. The summed E-state index contributed by atoms with van der Waals surface area (Å²) in [6.07, 6.45) is 0. The number of rotatable bonds is 4. The first-order valence-electron chi connectivity index (χ1n) is 6.78. The number of nitrogens with one attached hydrogen (secondary N) is 1. The van der Waals surface area contributed by atoms with Crippen molar-refractivity contribution in [2.75, 3.05) is 6.54 Å². The third-order valence-electron chi connectivity index (χ3n) is 3.45. The Bertz CT molecular complexity index is 558. The fraction of sp³-hybridized carbons (Fsp3) is 0.294. The van der Waals surface area contributed by atoms with Gasteiger partial charge >= 0.3 is 0 Å². The van der Waals surface area contributed by atoms with Crippen LogP contribution in [0, 0.1) is 19.7 Å². The van der Waals surface area contributed by atoms with Crippen molar-refractivity contribution < 1.29 is 4.39 Å². The lowest BCUT2D eigenvalue weighted by Crippen LogP contribution is -2.22. The average molecular weight is 336 g/mol. The van der Waals surface area contributed by atoms with E-state index in [1.54, 1.807) is 13.0 Å². The molecule has 2 rings (SSSR count). The van der Waals surface area contributed by atoms with Crippen LogP contribution >= 0.6 is 15.9 Å². The van der Waals surface area contributed by atoms with Crippen molar-refractivity contribution >= 4 is 15.9 Å². The predicted molar refractivity (Wildman–Crippen MR) is 85.5 cm³/mol. The van der Waals surface area contributed by atoms with Crippen LogP contribution in [0.4, 0.5) is 4.39 Å². The van der Waals surface area contributed by atoms with Crippen LogP contribution in [0.25, 0.3) is 0 Å². The minimum absolute atomic E-state index is 0.0156. The molecule has 0 fully saturated rings. The van der Waals surface area contributed by atoms with Gasteiger partial charge in [0, 0.05) is 4.47 Å². The average Bonchev–Trinajstić information content (AvgIpc) is 2.43. The zero-order valence-corrected chi connectivity index (χ0v) is 13.6. The summed E-state index contributed by atoms with van der Waals surface area (Å²) in [4.78, 5) is 0. The molecule has 2 aromatic rings. The Balaban J connectivity index is 2.44. The van der Waals surface area contributed by atoms with Crippen LogP contribution in [0.1, 0.15) is 35.2 Å². The Morgan fingerprint density at radius 3 is 2.30 bits per heavy atom. The van der Waals surface area contributed by atoms with E-state index in [-0.39, 0.29) is 11.9 Å². The third kappa shape index (κ3) is 3.28. The summed E-state index contributed by atoms with van der Waals surface area (Å²) >= 11 is 3.51. The summed E-state index contributed by atoms with van der Waals surface area (Å²) in [5.41, 5.74) is 3.96. The monoisotopic (exact) mass is 335 g/mol. The molecule has 106 valence electrons. The number of aryl methyl sites for hydroxylation is 2. The molecular weight excluding hydrogens is 317 g/mol. The third-order valence-corrected chi connectivity index (χ3v) is 4.34. The Labute approximate surface area is 128 Å². The van der Waals surface area contributed by atoms with Gasteiger partial charge in [-0.05, 0) is 54.8 Å². The van der Waals surface area contributed by atoms with E-state index >= 15 is 0 Å². The van der Waals surface area contributed by atoms with Crippen LogP contribution in [0.5, 0.6) is 0 Å². The Morgan fingerprint density at radius 1 is 1.05 bits per heavy atom. The highest BCUT2D eigenvalue weighted by Crippen LogP contribution is 2.27.